The zero-order valence-electron chi connectivity index (χ0n) is 10.4. The summed E-state index contributed by atoms with van der Waals surface area (Å²) in [5.74, 6) is 0. The highest BCUT2D eigenvalue weighted by Gasteiger charge is 2.08. The van der Waals surface area contributed by atoms with E-state index in [9.17, 15) is 0 Å². The number of hydrogen-bond donors (Lipinski definition) is 1. The second-order valence-corrected chi connectivity index (χ2v) is 6.88. The summed E-state index contributed by atoms with van der Waals surface area (Å²) in [6.07, 6.45) is 3.84. The molecule has 1 atom stereocenters. The summed E-state index contributed by atoms with van der Waals surface area (Å²) in [4.78, 5) is 4.35. The van der Waals surface area contributed by atoms with Gasteiger partial charge in [-0.3, -0.25) is 0 Å². The molecule has 0 saturated carbocycles. The molecule has 0 radical (unpaired) electrons. The van der Waals surface area contributed by atoms with Gasteiger partial charge in [-0.15, -0.1) is 10.2 Å². The first-order chi connectivity index (χ1) is 8.72. The van der Waals surface area contributed by atoms with Gasteiger partial charge < -0.3 is 5.32 Å². The van der Waals surface area contributed by atoms with Gasteiger partial charge in [-0.1, -0.05) is 23.1 Å². The van der Waals surface area contributed by atoms with Crippen molar-refractivity contribution in [3.05, 3.63) is 23.9 Å². The van der Waals surface area contributed by atoms with Crippen molar-refractivity contribution in [2.45, 2.75) is 26.7 Å². The predicted molar refractivity (Wildman–Crippen MR) is 77.5 cm³/mol. The third kappa shape index (κ3) is 3.44. The monoisotopic (exact) mass is 298 g/mol. The van der Waals surface area contributed by atoms with Gasteiger partial charge in [0.05, 0.1) is 0 Å². The molecule has 0 amide bonds. The minimum Gasteiger partial charge on any atom is -0.313 e. The highest BCUT2D eigenvalue weighted by molar-refractivity contribution is 8.02. The van der Waals surface area contributed by atoms with Crippen LogP contribution in [0.5, 0.6) is 0 Å². The first-order valence-corrected chi connectivity index (χ1v) is 8.27. The fourth-order valence-electron chi connectivity index (χ4n) is 1.33. The van der Waals surface area contributed by atoms with Crippen molar-refractivity contribution in [2.75, 3.05) is 13.3 Å². The Hall–Kier alpha value is -0.630. The Kier molecular flexibility index (Phi) is 4.99. The summed E-state index contributed by atoms with van der Waals surface area (Å²) in [5.41, 5.74) is 1.23. The molecule has 1 N–H and O–H groups in total. The Morgan fingerprint density at radius 1 is 1.33 bits per heavy atom. The van der Waals surface area contributed by atoms with Crippen molar-refractivity contribution in [3.63, 3.8) is 0 Å². The first kappa shape index (κ1) is 13.8. The van der Waals surface area contributed by atoms with Crippen LogP contribution in [0.2, 0.25) is 0 Å². The van der Waals surface area contributed by atoms with Gasteiger partial charge >= 0.3 is 0 Å². The molecule has 0 aliphatic carbocycles. The van der Waals surface area contributed by atoms with Crippen molar-refractivity contribution >= 4 is 34.9 Å². The summed E-state index contributed by atoms with van der Waals surface area (Å²) in [5, 5.41) is 12.4. The zero-order chi connectivity index (χ0) is 13.0. The molecule has 0 fully saturated rings. The van der Waals surface area contributed by atoms with Crippen LogP contribution < -0.4 is 5.32 Å². The van der Waals surface area contributed by atoms with Gasteiger partial charge in [-0.2, -0.15) is 0 Å². The number of thioether (sulfide) groups is 1. The molecule has 1 unspecified atom stereocenters. The SMILES string of the molecule is CNC(C)c1ccnc(Sc2nnc(SC)s2)c1. The second-order valence-electron chi connectivity index (χ2n) is 3.58. The molecule has 2 aromatic heterocycles. The summed E-state index contributed by atoms with van der Waals surface area (Å²) < 4.78 is 1.92. The molecule has 4 nitrogen and oxygen atoms in total. The molecule has 0 bridgehead atoms. The minimum atomic E-state index is 0.323. The van der Waals surface area contributed by atoms with Crippen LogP contribution in [0.1, 0.15) is 18.5 Å². The topological polar surface area (TPSA) is 50.7 Å². The van der Waals surface area contributed by atoms with Crippen LogP contribution >= 0.6 is 34.9 Å². The maximum atomic E-state index is 4.35. The van der Waals surface area contributed by atoms with E-state index >= 15 is 0 Å². The molecule has 0 aliphatic rings. The lowest BCUT2D eigenvalue weighted by molar-refractivity contribution is 0.649. The Morgan fingerprint density at radius 3 is 2.78 bits per heavy atom. The van der Waals surface area contributed by atoms with Gasteiger partial charge in [0.1, 0.15) is 5.03 Å². The molecular formula is C11H14N4S3. The van der Waals surface area contributed by atoms with E-state index in [2.05, 4.69) is 33.5 Å². The summed E-state index contributed by atoms with van der Waals surface area (Å²) in [6, 6.07) is 4.44. The molecule has 2 rings (SSSR count). The Balaban J connectivity index is 2.13. The van der Waals surface area contributed by atoms with Crippen molar-refractivity contribution in [1.29, 1.82) is 0 Å². The van der Waals surface area contributed by atoms with Crippen LogP contribution in [0.25, 0.3) is 0 Å². The quantitative estimate of drug-likeness (QED) is 0.856. The maximum absolute atomic E-state index is 4.35. The number of rotatable bonds is 5. The maximum Gasteiger partial charge on any atom is 0.181 e. The Labute approximate surface area is 119 Å². The third-order valence-electron chi connectivity index (χ3n) is 2.45. The number of nitrogens with one attached hydrogen (secondary N) is 1. The third-order valence-corrected chi connectivity index (χ3v) is 5.33. The lowest BCUT2D eigenvalue weighted by Crippen LogP contribution is -2.12. The number of nitrogens with zero attached hydrogens (tertiary/aromatic N) is 3. The molecule has 2 heterocycles. The molecule has 0 spiro atoms. The lowest BCUT2D eigenvalue weighted by Gasteiger charge is -2.10. The van der Waals surface area contributed by atoms with E-state index in [-0.39, 0.29) is 0 Å². The van der Waals surface area contributed by atoms with Crippen LogP contribution in [0.3, 0.4) is 0 Å². The number of pyridine rings is 1. The molecular weight excluding hydrogens is 284 g/mol. The first-order valence-electron chi connectivity index (χ1n) is 5.41. The van der Waals surface area contributed by atoms with Crippen molar-refractivity contribution in [1.82, 2.24) is 20.5 Å². The van der Waals surface area contributed by atoms with E-state index in [1.165, 1.54) is 5.56 Å². The second kappa shape index (κ2) is 6.51. The van der Waals surface area contributed by atoms with Crippen LogP contribution in [0.4, 0.5) is 0 Å². The smallest absolute Gasteiger partial charge is 0.181 e. The predicted octanol–water partition coefficient (Wildman–Crippen LogP) is 3.09. The molecule has 2 aromatic rings. The zero-order valence-corrected chi connectivity index (χ0v) is 12.8. The average Bonchev–Trinajstić information content (AvgIpc) is 2.86. The van der Waals surface area contributed by atoms with Gasteiger partial charge in [-0.05, 0) is 49.7 Å². The van der Waals surface area contributed by atoms with Crippen LogP contribution in [0, 0.1) is 0 Å². The standard InChI is InChI=1S/C11H14N4S3/c1-7(12-2)8-4-5-13-9(6-8)17-11-15-14-10(16-3)18-11/h4-7,12H,1-3H3. The molecule has 0 aromatic carbocycles. The average molecular weight is 298 g/mol. The normalized spacial score (nSPS) is 12.6. The molecule has 0 saturated heterocycles. The van der Waals surface area contributed by atoms with Gasteiger partial charge in [-0.25, -0.2) is 4.98 Å². The van der Waals surface area contributed by atoms with E-state index in [1.807, 2.05) is 25.6 Å². The Morgan fingerprint density at radius 2 is 2.11 bits per heavy atom. The van der Waals surface area contributed by atoms with Crippen molar-refractivity contribution in [3.8, 4) is 0 Å². The Bertz CT molecular complexity index is 514. The van der Waals surface area contributed by atoms with Gasteiger partial charge in [0.25, 0.3) is 0 Å². The van der Waals surface area contributed by atoms with Gasteiger partial charge in [0.2, 0.25) is 0 Å². The van der Waals surface area contributed by atoms with E-state index in [0.717, 1.165) is 13.7 Å². The molecule has 96 valence electrons. The summed E-state index contributed by atoms with van der Waals surface area (Å²) in [6.45, 7) is 2.13. The highest BCUT2D eigenvalue weighted by atomic mass is 32.2. The summed E-state index contributed by atoms with van der Waals surface area (Å²) in [7, 11) is 1.95. The minimum absolute atomic E-state index is 0.323. The fraction of sp³-hybridized carbons (Fsp3) is 0.364. The van der Waals surface area contributed by atoms with Crippen LogP contribution in [0.15, 0.2) is 32.0 Å². The van der Waals surface area contributed by atoms with Gasteiger partial charge in [0.15, 0.2) is 8.68 Å². The van der Waals surface area contributed by atoms with E-state index < -0.39 is 0 Å². The van der Waals surface area contributed by atoms with Crippen LogP contribution in [-0.2, 0) is 0 Å². The van der Waals surface area contributed by atoms with Gasteiger partial charge in [0, 0.05) is 12.2 Å². The number of hydrogen-bond acceptors (Lipinski definition) is 7. The highest BCUT2D eigenvalue weighted by Crippen LogP contribution is 2.32. The van der Waals surface area contributed by atoms with E-state index in [4.69, 9.17) is 0 Å². The molecule has 7 heteroatoms. The van der Waals surface area contributed by atoms with E-state index in [0.29, 0.717) is 6.04 Å². The van der Waals surface area contributed by atoms with E-state index in [1.54, 1.807) is 34.9 Å². The number of aromatic nitrogens is 3. The van der Waals surface area contributed by atoms with Crippen molar-refractivity contribution in [2.24, 2.45) is 0 Å². The van der Waals surface area contributed by atoms with Crippen molar-refractivity contribution < 1.29 is 0 Å². The largest absolute Gasteiger partial charge is 0.313 e. The van der Waals surface area contributed by atoms with Crippen LogP contribution in [-0.4, -0.2) is 28.5 Å². The molecule has 0 aliphatic heterocycles. The fourth-order valence-corrected chi connectivity index (χ4v) is 3.72. The lowest BCUT2D eigenvalue weighted by atomic mass is 10.1. The summed E-state index contributed by atoms with van der Waals surface area (Å²) >= 11 is 4.77. The molecule has 18 heavy (non-hydrogen) atoms.